The van der Waals surface area contributed by atoms with Gasteiger partial charge in [-0.2, -0.15) is 0 Å². The van der Waals surface area contributed by atoms with Crippen molar-refractivity contribution < 1.29 is 9.84 Å². The molecule has 1 aromatic carbocycles. The Labute approximate surface area is 121 Å². The average molecular weight is 275 g/mol. The summed E-state index contributed by atoms with van der Waals surface area (Å²) in [7, 11) is 0. The first-order chi connectivity index (χ1) is 9.63. The summed E-state index contributed by atoms with van der Waals surface area (Å²) >= 11 is 0. The van der Waals surface area contributed by atoms with Crippen LogP contribution in [-0.2, 0) is 11.2 Å². The van der Waals surface area contributed by atoms with Gasteiger partial charge in [-0.3, -0.25) is 0 Å². The van der Waals surface area contributed by atoms with Gasteiger partial charge in [0.1, 0.15) is 0 Å². The van der Waals surface area contributed by atoms with Gasteiger partial charge in [-0.15, -0.1) is 0 Å². The molecule has 0 spiro atoms. The van der Waals surface area contributed by atoms with Crippen LogP contribution >= 0.6 is 0 Å². The number of hydrogen-bond acceptors (Lipinski definition) is 3. The second-order valence-corrected chi connectivity index (χ2v) is 6.78. The van der Waals surface area contributed by atoms with Gasteiger partial charge >= 0.3 is 0 Å². The Kier molecular flexibility index (Phi) is 3.85. The lowest BCUT2D eigenvalue weighted by Crippen LogP contribution is -2.67. The quantitative estimate of drug-likeness (QED) is 0.863. The van der Waals surface area contributed by atoms with E-state index in [0.717, 1.165) is 19.4 Å². The van der Waals surface area contributed by atoms with Crippen molar-refractivity contribution in [3.8, 4) is 0 Å². The number of benzene rings is 1. The lowest BCUT2D eigenvalue weighted by molar-refractivity contribution is -0.116. The maximum Gasteiger partial charge on any atom is 0.0685 e. The van der Waals surface area contributed by atoms with E-state index >= 15 is 0 Å². The van der Waals surface area contributed by atoms with Crippen molar-refractivity contribution in [3.63, 3.8) is 0 Å². The largest absolute Gasteiger partial charge is 0.395 e. The maximum atomic E-state index is 9.67. The van der Waals surface area contributed by atoms with Gasteiger partial charge in [-0.25, -0.2) is 0 Å². The van der Waals surface area contributed by atoms with Crippen LogP contribution in [0.25, 0.3) is 0 Å². The molecule has 20 heavy (non-hydrogen) atoms. The standard InChI is InChI=1S/C17H25NO2/c1-17(2)15(14-8-9-20-16(14)17)18-13(11-19)10-12-6-4-3-5-7-12/h3-7,13-16,18-19H,8-11H2,1-2H3/t13-,14?,15?,16?/m0/s1. The molecule has 1 aliphatic carbocycles. The molecule has 0 aromatic heterocycles. The van der Waals surface area contributed by atoms with Crippen LogP contribution in [0.15, 0.2) is 30.3 Å². The number of aliphatic hydroxyl groups excluding tert-OH is 1. The predicted octanol–water partition coefficient (Wildman–Crippen LogP) is 1.99. The normalized spacial score (nSPS) is 32.5. The second kappa shape index (κ2) is 5.47. The minimum atomic E-state index is 0.128. The van der Waals surface area contributed by atoms with Crippen LogP contribution < -0.4 is 5.32 Å². The van der Waals surface area contributed by atoms with E-state index in [2.05, 4.69) is 43.4 Å². The van der Waals surface area contributed by atoms with E-state index in [1.54, 1.807) is 0 Å². The first kappa shape index (κ1) is 14.1. The third-order valence-corrected chi connectivity index (χ3v) is 5.06. The van der Waals surface area contributed by atoms with Gasteiger partial charge < -0.3 is 15.2 Å². The molecule has 110 valence electrons. The highest BCUT2D eigenvalue weighted by atomic mass is 16.5. The van der Waals surface area contributed by atoms with Gasteiger partial charge in [0, 0.05) is 30.0 Å². The van der Waals surface area contributed by atoms with Crippen molar-refractivity contribution in [3.05, 3.63) is 35.9 Å². The Morgan fingerprint density at radius 2 is 2.10 bits per heavy atom. The Hall–Kier alpha value is -0.900. The summed E-state index contributed by atoms with van der Waals surface area (Å²) in [6, 6.07) is 11.0. The van der Waals surface area contributed by atoms with E-state index in [4.69, 9.17) is 4.74 Å². The fourth-order valence-corrected chi connectivity index (χ4v) is 3.99. The monoisotopic (exact) mass is 275 g/mol. The van der Waals surface area contributed by atoms with E-state index in [-0.39, 0.29) is 18.1 Å². The molecule has 3 heteroatoms. The average Bonchev–Trinajstić information content (AvgIpc) is 2.91. The highest BCUT2D eigenvalue weighted by molar-refractivity contribution is 5.17. The van der Waals surface area contributed by atoms with Gasteiger partial charge in [-0.1, -0.05) is 44.2 Å². The number of rotatable bonds is 5. The van der Waals surface area contributed by atoms with Crippen molar-refractivity contribution in [1.29, 1.82) is 0 Å². The summed E-state index contributed by atoms with van der Waals surface area (Å²) in [5.74, 6) is 0.620. The number of aliphatic hydroxyl groups is 1. The molecule has 1 aromatic rings. The zero-order valence-corrected chi connectivity index (χ0v) is 12.4. The van der Waals surface area contributed by atoms with Gasteiger partial charge in [0.25, 0.3) is 0 Å². The molecule has 1 saturated heterocycles. The molecule has 0 amide bonds. The SMILES string of the molecule is CC1(C)C(N[C@H](CO)Cc2ccccc2)C2CCOC21. The first-order valence-electron chi connectivity index (χ1n) is 7.65. The molecule has 3 nitrogen and oxygen atoms in total. The van der Waals surface area contributed by atoms with Crippen LogP contribution in [0, 0.1) is 11.3 Å². The molecular formula is C17H25NO2. The van der Waals surface area contributed by atoms with E-state index in [1.807, 2.05) is 6.07 Å². The molecule has 4 atom stereocenters. The van der Waals surface area contributed by atoms with Crippen molar-refractivity contribution in [2.24, 2.45) is 11.3 Å². The molecule has 1 heterocycles. The molecule has 2 fully saturated rings. The zero-order valence-electron chi connectivity index (χ0n) is 12.4. The van der Waals surface area contributed by atoms with Gasteiger partial charge in [0.05, 0.1) is 12.7 Å². The number of nitrogens with one attached hydrogen (secondary N) is 1. The lowest BCUT2D eigenvalue weighted by atomic mass is 9.57. The van der Waals surface area contributed by atoms with Crippen molar-refractivity contribution >= 4 is 0 Å². The fourth-order valence-electron chi connectivity index (χ4n) is 3.99. The number of ether oxygens (including phenoxy) is 1. The molecule has 2 aliphatic rings. The van der Waals surface area contributed by atoms with E-state index in [9.17, 15) is 5.11 Å². The highest BCUT2D eigenvalue weighted by Gasteiger charge is 2.59. The summed E-state index contributed by atoms with van der Waals surface area (Å²) in [5, 5.41) is 13.4. The summed E-state index contributed by atoms with van der Waals surface area (Å²) in [5.41, 5.74) is 1.45. The smallest absolute Gasteiger partial charge is 0.0685 e. The predicted molar refractivity (Wildman–Crippen MR) is 79.6 cm³/mol. The molecular weight excluding hydrogens is 250 g/mol. The van der Waals surface area contributed by atoms with Crippen LogP contribution in [0.1, 0.15) is 25.8 Å². The van der Waals surface area contributed by atoms with Crippen LogP contribution in [-0.4, -0.2) is 36.5 Å². The molecule has 1 aliphatic heterocycles. The fraction of sp³-hybridized carbons (Fsp3) is 0.647. The van der Waals surface area contributed by atoms with Crippen molar-refractivity contribution in [2.45, 2.75) is 44.9 Å². The third-order valence-electron chi connectivity index (χ3n) is 5.06. The minimum Gasteiger partial charge on any atom is -0.395 e. The Morgan fingerprint density at radius 1 is 1.35 bits per heavy atom. The molecule has 0 radical (unpaired) electrons. The zero-order chi connectivity index (χ0) is 14.2. The van der Waals surface area contributed by atoms with Crippen LogP contribution in [0.2, 0.25) is 0 Å². The lowest BCUT2D eigenvalue weighted by Gasteiger charge is -2.55. The van der Waals surface area contributed by atoms with Crippen LogP contribution in [0.3, 0.4) is 0 Å². The molecule has 2 N–H and O–H groups in total. The van der Waals surface area contributed by atoms with Gasteiger partial charge in [-0.05, 0) is 18.4 Å². The van der Waals surface area contributed by atoms with Crippen LogP contribution in [0.5, 0.6) is 0 Å². The summed E-state index contributed by atoms with van der Waals surface area (Å²) in [4.78, 5) is 0. The topological polar surface area (TPSA) is 41.5 Å². The molecule has 0 bridgehead atoms. The Morgan fingerprint density at radius 3 is 2.80 bits per heavy atom. The first-order valence-corrected chi connectivity index (χ1v) is 7.65. The van der Waals surface area contributed by atoms with Crippen molar-refractivity contribution in [1.82, 2.24) is 5.32 Å². The summed E-state index contributed by atoms with van der Waals surface area (Å²) < 4.78 is 5.83. The minimum absolute atomic E-state index is 0.128. The Bertz CT molecular complexity index is 446. The number of fused-ring (bicyclic) bond motifs is 1. The van der Waals surface area contributed by atoms with E-state index in [1.165, 1.54) is 5.56 Å². The Balaban J connectivity index is 1.63. The molecule has 3 rings (SSSR count). The molecule has 3 unspecified atom stereocenters. The molecule has 1 saturated carbocycles. The summed E-state index contributed by atoms with van der Waals surface area (Å²) in [6.07, 6.45) is 2.42. The maximum absolute atomic E-state index is 9.67. The number of hydrogen-bond donors (Lipinski definition) is 2. The van der Waals surface area contributed by atoms with E-state index < -0.39 is 0 Å². The van der Waals surface area contributed by atoms with Gasteiger partial charge in [0.2, 0.25) is 0 Å². The second-order valence-electron chi connectivity index (χ2n) is 6.78. The highest BCUT2D eigenvalue weighted by Crippen LogP contribution is 2.52. The van der Waals surface area contributed by atoms with Crippen molar-refractivity contribution in [2.75, 3.05) is 13.2 Å². The third kappa shape index (κ3) is 2.39. The van der Waals surface area contributed by atoms with E-state index in [0.29, 0.717) is 18.1 Å². The van der Waals surface area contributed by atoms with Crippen LogP contribution in [0.4, 0.5) is 0 Å². The summed E-state index contributed by atoms with van der Waals surface area (Å²) in [6.45, 7) is 5.61. The van der Waals surface area contributed by atoms with Gasteiger partial charge in [0.15, 0.2) is 0 Å².